The van der Waals surface area contributed by atoms with Crippen LogP contribution in [-0.2, 0) is 0 Å². The number of hydrogen-bond donors (Lipinski definition) is 3. The number of carbonyl (C=O) groups is 1. The first-order chi connectivity index (χ1) is 8.38. The predicted molar refractivity (Wildman–Crippen MR) is 67.9 cm³/mol. The van der Waals surface area contributed by atoms with Gasteiger partial charge in [0.25, 0.3) is 5.91 Å². The summed E-state index contributed by atoms with van der Waals surface area (Å²) in [5, 5.41) is 20.6. The summed E-state index contributed by atoms with van der Waals surface area (Å²) in [6.45, 7) is 6.04. The molecule has 1 rings (SSSR count). The van der Waals surface area contributed by atoms with Crippen LogP contribution in [0.2, 0.25) is 0 Å². The molecule has 18 heavy (non-hydrogen) atoms. The quantitative estimate of drug-likeness (QED) is 0.753. The van der Waals surface area contributed by atoms with Crippen LogP contribution in [0.15, 0.2) is 12.3 Å². The minimum Gasteiger partial charge on any atom is -0.396 e. The maximum Gasteiger partial charge on any atom is 0.253 e. The second-order valence-corrected chi connectivity index (χ2v) is 5.32. The van der Waals surface area contributed by atoms with E-state index in [-0.39, 0.29) is 24.0 Å². The zero-order valence-corrected chi connectivity index (χ0v) is 10.9. The van der Waals surface area contributed by atoms with Crippen molar-refractivity contribution >= 4 is 5.91 Å². The van der Waals surface area contributed by atoms with Gasteiger partial charge in [0, 0.05) is 18.8 Å². The fourth-order valence-electron chi connectivity index (χ4n) is 1.68. The van der Waals surface area contributed by atoms with Crippen LogP contribution in [0.4, 0.5) is 0 Å². The number of nitrogens with one attached hydrogen (secondary N) is 2. The number of nitriles is 1. The lowest BCUT2D eigenvalue weighted by Crippen LogP contribution is -2.44. The molecule has 1 aromatic heterocycles. The molecule has 1 atom stereocenters. The summed E-state index contributed by atoms with van der Waals surface area (Å²) >= 11 is 0. The van der Waals surface area contributed by atoms with Crippen molar-refractivity contribution in [1.29, 1.82) is 5.26 Å². The van der Waals surface area contributed by atoms with Crippen molar-refractivity contribution in [3.8, 4) is 6.07 Å². The largest absolute Gasteiger partial charge is 0.396 e. The van der Waals surface area contributed by atoms with Crippen molar-refractivity contribution in [2.24, 2.45) is 5.41 Å². The average molecular weight is 249 g/mol. The minimum absolute atomic E-state index is 0.0266. The smallest absolute Gasteiger partial charge is 0.253 e. The number of hydrogen-bond acceptors (Lipinski definition) is 3. The van der Waals surface area contributed by atoms with Crippen LogP contribution in [0.25, 0.3) is 0 Å². The van der Waals surface area contributed by atoms with E-state index in [1.807, 2.05) is 26.8 Å². The Hall–Kier alpha value is -1.80. The highest BCUT2D eigenvalue weighted by Crippen LogP contribution is 2.22. The number of aliphatic hydroxyl groups is 1. The van der Waals surface area contributed by atoms with Crippen LogP contribution in [0.1, 0.15) is 43.2 Å². The first kappa shape index (κ1) is 14.3. The number of amides is 1. The molecule has 0 radical (unpaired) electrons. The summed E-state index contributed by atoms with van der Waals surface area (Å²) in [6, 6.07) is 3.33. The summed E-state index contributed by atoms with van der Waals surface area (Å²) in [7, 11) is 0. The Kier molecular flexibility index (Phi) is 4.51. The van der Waals surface area contributed by atoms with Gasteiger partial charge in [0.1, 0.15) is 11.8 Å². The van der Waals surface area contributed by atoms with Crippen molar-refractivity contribution in [3.05, 3.63) is 23.5 Å². The molecular formula is C13H19N3O2. The van der Waals surface area contributed by atoms with E-state index in [0.717, 1.165) is 0 Å². The lowest BCUT2D eigenvalue weighted by molar-refractivity contribution is 0.0885. The standard InChI is InChI=1S/C13H19N3O2/c1-13(2,3)11(4-5-17)16-12(18)9-6-10(7-14)15-8-9/h6,8,11,15,17H,4-5H2,1-3H3,(H,16,18). The molecule has 5 heteroatoms. The summed E-state index contributed by atoms with van der Waals surface area (Å²) in [5.41, 5.74) is 0.653. The van der Waals surface area contributed by atoms with Gasteiger partial charge in [0.05, 0.1) is 5.56 Å². The Labute approximate surface area is 107 Å². The summed E-state index contributed by atoms with van der Waals surface area (Å²) in [5.74, 6) is -0.235. The van der Waals surface area contributed by atoms with E-state index in [9.17, 15) is 4.79 Å². The third kappa shape index (κ3) is 3.60. The van der Waals surface area contributed by atoms with Crippen LogP contribution in [0, 0.1) is 16.7 Å². The van der Waals surface area contributed by atoms with Gasteiger partial charge in [-0.3, -0.25) is 4.79 Å². The topological polar surface area (TPSA) is 88.9 Å². The van der Waals surface area contributed by atoms with Gasteiger partial charge in [0.2, 0.25) is 0 Å². The van der Waals surface area contributed by atoms with Gasteiger partial charge >= 0.3 is 0 Å². The normalized spacial score (nSPS) is 12.8. The third-order valence-electron chi connectivity index (χ3n) is 2.83. The maximum absolute atomic E-state index is 12.0. The van der Waals surface area contributed by atoms with Crippen molar-refractivity contribution in [1.82, 2.24) is 10.3 Å². The fourth-order valence-corrected chi connectivity index (χ4v) is 1.68. The van der Waals surface area contributed by atoms with Crippen molar-refractivity contribution in [2.45, 2.75) is 33.2 Å². The van der Waals surface area contributed by atoms with Gasteiger partial charge in [0.15, 0.2) is 0 Å². The molecule has 3 N–H and O–H groups in total. The number of aliphatic hydroxyl groups excluding tert-OH is 1. The molecule has 0 aromatic carbocycles. The Morgan fingerprint density at radius 3 is 2.72 bits per heavy atom. The van der Waals surface area contributed by atoms with Gasteiger partial charge in [-0.05, 0) is 17.9 Å². The molecular weight excluding hydrogens is 230 g/mol. The Balaban J connectivity index is 2.76. The SMILES string of the molecule is CC(C)(C)C(CCO)NC(=O)c1c[nH]c(C#N)c1. The number of H-pyrrole nitrogens is 1. The van der Waals surface area contributed by atoms with Crippen molar-refractivity contribution in [2.75, 3.05) is 6.61 Å². The lowest BCUT2D eigenvalue weighted by atomic mass is 9.85. The number of aromatic nitrogens is 1. The second kappa shape index (κ2) is 5.69. The molecule has 1 aromatic rings. The van der Waals surface area contributed by atoms with E-state index in [1.165, 1.54) is 12.3 Å². The second-order valence-electron chi connectivity index (χ2n) is 5.32. The highest BCUT2D eigenvalue weighted by Gasteiger charge is 2.26. The first-order valence-corrected chi connectivity index (χ1v) is 5.88. The van der Waals surface area contributed by atoms with Gasteiger partial charge in [-0.15, -0.1) is 0 Å². The summed E-state index contributed by atoms with van der Waals surface area (Å²) in [6.07, 6.45) is 2.01. The molecule has 0 spiro atoms. The van der Waals surface area contributed by atoms with Crippen molar-refractivity contribution in [3.63, 3.8) is 0 Å². The van der Waals surface area contributed by atoms with E-state index < -0.39 is 0 Å². The monoisotopic (exact) mass is 249 g/mol. The summed E-state index contributed by atoms with van der Waals surface area (Å²) < 4.78 is 0. The number of nitrogens with zero attached hydrogens (tertiary/aromatic N) is 1. The number of carbonyl (C=O) groups excluding carboxylic acids is 1. The highest BCUT2D eigenvalue weighted by molar-refractivity contribution is 5.94. The number of aromatic amines is 1. The van der Waals surface area contributed by atoms with Gasteiger partial charge in [-0.25, -0.2) is 0 Å². The van der Waals surface area contributed by atoms with E-state index >= 15 is 0 Å². The highest BCUT2D eigenvalue weighted by atomic mass is 16.3. The van der Waals surface area contributed by atoms with E-state index in [1.54, 1.807) is 0 Å². The van der Waals surface area contributed by atoms with Gasteiger partial charge in [-0.1, -0.05) is 20.8 Å². The van der Waals surface area contributed by atoms with E-state index in [0.29, 0.717) is 17.7 Å². The van der Waals surface area contributed by atoms with Gasteiger partial charge in [-0.2, -0.15) is 5.26 Å². The molecule has 1 heterocycles. The fraction of sp³-hybridized carbons (Fsp3) is 0.538. The third-order valence-corrected chi connectivity index (χ3v) is 2.83. The zero-order chi connectivity index (χ0) is 13.8. The Bertz CT molecular complexity index is 452. The molecule has 0 aliphatic rings. The van der Waals surface area contributed by atoms with Crippen LogP contribution in [0.3, 0.4) is 0 Å². The molecule has 1 unspecified atom stereocenters. The lowest BCUT2D eigenvalue weighted by Gasteiger charge is -2.31. The average Bonchev–Trinajstić information content (AvgIpc) is 2.75. The van der Waals surface area contributed by atoms with Crippen molar-refractivity contribution < 1.29 is 9.90 Å². The maximum atomic E-state index is 12.0. The molecule has 0 bridgehead atoms. The molecule has 0 aliphatic heterocycles. The molecule has 1 amide bonds. The number of rotatable bonds is 4. The van der Waals surface area contributed by atoms with Crippen LogP contribution >= 0.6 is 0 Å². The van der Waals surface area contributed by atoms with Crippen LogP contribution in [-0.4, -0.2) is 28.6 Å². The van der Waals surface area contributed by atoms with E-state index in [2.05, 4.69) is 10.3 Å². The predicted octanol–water partition coefficient (Wildman–Crippen LogP) is 1.41. The molecule has 0 saturated carbocycles. The van der Waals surface area contributed by atoms with Crippen LogP contribution < -0.4 is 5.32 Å². The summed E-state index contributed by atoms with van der Waals surface area (Å²) in [4.78, 5) is 14.7. The van der Waals surface area contributed by atoms with Crippen LogP contribution in [0.5, 0.6) is 0 Å². The van der Waals surface area contributed by atoms with E-state index in [4.69, 9.17) is 10.4 Å². The molecule has 5 nitrogen and oxygen atoms in total. The van der Waals surface area contributed by atoms with Gasteiger partial charge < -0.3 is 15.4 Å². The Morgan fingerprint density at radius 2 is 2.28 bits per heavy atom. The zero-order valence-electron chi connectivity index (χ0n) is 10.9. The minimum atomic E-state index is -0.235. The molecule has 0 saturated heterocycles. The molecule has 98 valence electrons. The Morgan fingerprint density at radius 1 is 1.61 bits per heavy atom. The molecule has 0 fully saturated rings. The molecule has 0 aliphatic carbocycles. The first-order valence-electron chi connectivity index (χ1n) is 5.88.